The highest BCUT2D eigenvalue weighted by atomic mass is 31.2. The zero-order valence-electron chi connectivity index (χ0n) is 5.77. The number of carbonyl (C=O) groups is 1. The number of hydrogen-bond donors (Lipinski definition) is 4. The third-order valence-corrected chi connectivity index (χ3v) is 1.16. The van der Waals surface area contributed by atoms with Crippen molar-refractivity contribution in [1.29, 1.82) is 0 Å². The van der Waals surface area contributed by atoms with Crippen LogP contribution < -0.4 is 10.6 Å². The Morgan fingerprint density at radius 1 is 1.64 bits per heavy atom. The van der Waals surface area contributed by atoms with Crippen molar-refractivity contribution >= 4 is 13.9 Å². The second kappa shape index (κ2) is 4.30. The molecule has 0 aliphatic carbocycles. The molecule has 0 aliphatic heterocycles. The average Bonchev–Trinajstić information content (AvgIpc) is 1.85. The summed E-state index contributed by atoms with van der Waals surface area (Å²) in [7, 11) is -3.11. The first-order valence-electron chi connectivity index (χ1n) is 2.61. The van der Waals surface area contributed by atoms with E-state index in [1.807, 2.05) is 5.32 Å². The van der Waals surface area contributed by atoms with Crippen molar-refractivity contribution in [2.45, 2.75) is 0 Å². The molecule has 4 N–H and O–H groups in total. The zero-order chi connectivity index (χ0) is 8.91. The maximum Gasteiger partial charge on any atom is 0.471 e. The summed E-state index contributed by atoms with van der Waals surface area (Å²) in [4.78, 5) is 26.6. The SMILES string of the molecule is CNC(=O)NCOP(=O)(O)O. The molecule has 0 spiro atoms. The lowest BCUT2D eigenvalue weighted by Gasteiger charge is -2.05. The Hall–Kier alpha value is -0.620. The fourth-order valence-electron chi connectivity index (χ4n) is 0.270. The minimum atomic E-state index is -4.47. The van der Waals surface area contributed by atoms with Gasteiger partial charge in [0.2, 0.25) is 0 Å². The minimum Gasteiger partial charge on any atom is -0.341 e. The van der Waals surface area contributed by atoms with E-state index in [1.54, 1.807) is 0 Å². The van der Waals surface area contributed by atoms with Gasteiger partial charge in [0.05, 0.1) is 0 Å². The summed E-state index contributed by atoms with van der Waals surface area (Å²) in [5.41, 5.74) is 0. The second-order valence-corrected chi connectivity index (χ2v) is 2.76. The van der Waals surface area contributed by atoms with Crippen molar-refractivity contribution < 1.29 is 23.7 Å². The first-order chi connectivity index (χ1) is 4.95. The van der Waals surface area contributed by atoms with Crippen LogP contribution in [-0.4, -0.2) is 29.6 Å². The first-order valence-corrected chi connectivity index (χ1v) is 4.14. The highest BCUT2D eigenvalue weighted by molar-refractivity contribution is 7.46. The summed E-state index contributed by atoms with van der Waals surface area (Å²) in [5.74, 6) is 0. The Morgan fingerprint density at radius 2 is 2.18 bits per heavy atom. The Labute approximate surface area is 63.0 Å². The number of urea groups is 1. The molecule has 0 radical (unpaired) electrons. The molecule has 0 bridgehead atoms. The van der Waals surface area contributed by atoms with Gasteiger partial charge in [-0.05, 0) is 0 Å². The molecular weight excluding hydrogens is 175 g/mol. The molecule has 0 saturated carbocycles. The van der Waals surface area contributed by atoms with Gasteiger partial charge in [0.1, 0.15) is 6.73 Å². The molecule has 11 heavy (non-hydrogen) atoms. The van der Waals surface area contributed by atoms with E-state index in [0.717, 1.165) is 0 Å². The van der Waals surface area contributed by atoms with Crippen molar-refractivity contribution in [1.82, 2.24) is 10.6 Å². The predicted octanol–water partition coefficient (Wildman–Crippen LogP) is -1.02. The van der Waals surface area contributed by atoms with E-state index < -0.39 is 20.6 Å². The van der Waals surface area contributed by atoms with Crippen LogP contribution in [0, 0.1) is 0 Å². The Balaban J connectivity index is 3.43. The fourth-order valence-corrected chi connectivity index (χ4v) is 0.503. The molecule has 2 amide bonds. The van der Waals surface area contributed by atoms with Gasteiger partial charge in [0, 0.05) is 7.05 Å². The highest BCUT2D eigenvalue weighted by Gasteiger charge is 2.13. The van der Waals surface area contributed by atoms with Crippen LogP contribution in [0.4, 0.5) is 4.79 Å². The van der Waals surface area contributed by atoms with Gasteiger partial charge >= 0.3 is 13.9 Å². The molecule has 0 aromatic carbocycles. The Morgan fingerprint density at radius 3 is 2.55 bits per heavy atom. The quantitative estimate of drug-likeness (QED) is 0.331. The van der Waals surface area contributed by atoms with Gasteiger partial charge in [0.25, 0.3) is 0 Å². The van der Waals surface area contributed by atoms with Crippen LogP contribution in [0.5, 0.6) is 0 Å². The molecule has 66 valence electrons. The van der Waals surface area contributed by atoms with Crippen molar-refractivity contribution in [2.24, 2.45) is 0 Å². The number of amides is 2. The third kappa shape index (κ3) is 7.27. The molecule has 8 heteroatoms. The Kier molecular flexibility index (Phi) is 4.06. The van der Waals surface area contributed by atoms with E-state index in [0.29, 0.717) is 0 Å². The van der Waals surface area contributed by atoms with E-state index >= 15 is 0 Å². The zero-order valence-corrected chi connectivity index (χ0v) is 6.67. The second-order valence-electron chi connectivity index (χ2n) is 1.52. The monoisotopic (exact) mass is 184 g/mol. The van der Waals surface area contributed by atoms with Gasteiger partial charge < -0.3 is 20.4 Å². The van der Waals surface area contributed by atoms with Crippen molar-refractivity contribution in [3.8, 4) is 0 Å². The standard InChI is InChI=1S/C3H9N2O5P/c1-4-3(6)5-2-10-11(7,8)9/h2H2,1H3,(H2,4,5,6)(H2,7,8,9). The summed E-state index contributed by atoms with van der Waals surface area (Å²) in [5, 5.41) is 4.19. The fraction of sp³-hybridized carbons (Fsp3) is 0.667. The molecule has 0 heterocycles. The van der Waals surface area contributed by atoms with Gasteiger partial charge in [-0.2, -0.15) is 0 Å². The number of phosphoric acid groups is 1. The molecule has 0 aromatic heterocycles. The van der Waals surface area contributed by atoms with E-state index in [1.165, 1.54) is 7.05 Å². The maximum atomic E-state index is 10.3. The summed E-state index contributed by atoms with van der Waals surface area (Å²) in [6, 6.07) is -0.571. The number of hydrogen-bond acceptors (Lipinski definition) is 3. The average molecular weight is 184 g/mol. The lowest BCUT2D eigenvalue weighted by molar-refractivity contribution is 0.181. The van der Waals surface area contributed by atoms with Gasteiger partial charge in [-0.25, -0.2) is 9.36 Å². The van der Waals surface area contributed by atoms with E-state index in [4.69, 9.17) is 9.79 Å². The Bertz CT molecular complexity index is 177. The van der Waals surface area contributed by atoms with Crippen molar-refractivity contribution in [2.75, 3.05) is 13.8 Å². The highest BCUT2D eigenvalue weighted by Crippen LogP contribution is 2.34. The van der Waals surface area contributed by atoms with E-state index in [-0.39, 0.29) is 0 Å². The first kappa shape index (κ1) is 10.4. The van der Waals surface area contributed by atoms with E-state index in [9.17, 15) is 9.36 Å². The van der Waals surface area contributed by atoms with Gasteiger partial charge in [-0.15, -0.1) is 0 Å². The molecule has 0 saturated heterocycles. The number of carbonyl (C=O) groups excluding carboxylic acids is 1. The smallest absolute Gasteiger partial charge is 0.341 e. The summed E-state index contributed by atoms with van der Waals surface area (Å²) >= 11 is 0. The maximum absolute atomic E-state index is 10.3. The van der Waals surface area contributed by atoms with Gasteiger partial charge in [-0.1, -0.05) is 0 Å². The van der Waals surface area contributed by atoms with Crippen LogP contribution in [-0.2, 0) is 9.09 Å². The molecule has 0 rings (SSSR count). The molecule has 0 aliphatic rings. The van der Waals surface area contributed by atoms with Crippen LogP contribution in [0.15, 0.2) is 0 Å². The van der Waals surface area contributed by atoms with Crippen LogP contribution in [0.25, 0.3) is 0 Å². The normalized spacial score (nSPS) is 10.8. The molecular formula is C3H9N2O5P. The molecule has 0 aromatic rings. The molecule has 0 fully saturated rings. The lowest BCUT2D eigenvalue weighted by atomic mass is 10.9. The van der Waals surface area contributed by atoms with Crippen LogP contribution >= 0.6 is 7.82 Å². The summed E-state index contributed by atoms with van der Waals surface area (Å²) in [6.07, 6.45) is 0. The number of phosphoric ester groups is 1. The van der Waals surface area contributed by atoms with Crippen LogP contribution in [0.1, 0.15) is 0 Å². The molecule has 0 atom stereocenters. The topological polar surface area (TPSA) is 108 Å². The van der Waals surface area contributed by atoms with Crippen LogP contribution in [0.2, 0.25) is 0 Å². The van der Waals surface area contributed by atoms with Crippen molar-refractivity contribution in [3.05, 3.63) is 0 Å². The summed E-state index contributed by atoms with van der Waals surface area (Å²) in [6.45, 7) is -0.524. The number of rotatable bonds is 3. The van der Waals surface area contributed by atoms with Crippen molar-refractivity contribution in [3.63, 3.8) is 0 Å². The largest absolute Gasteiger partial charge is 0.471 e. The van der Waals surface area contributed by atoms with Crippen LogP contribution in [0.3, 0.4) is 0 Å². The lowest BCUT2D eigenvalue weighted by Crippen LogP contribution is -2.33. The van der Waals surface area contributed by atoms with Gasteiger partial charge in [-0.3, -0.25) is 4.52 Å². The number of nitrogens with one attached hydrogen (secondary N) is 2. The van der Waals surface area contributed by atoms with Gasteiger partial charge in [0.15, 0.2) is 0 Å². The van der Waals surface area contributed by atoms with E-state index in [2.05, 4.69) is 9.84 Å². The predicted molar refractivity (Wildman–Crippen MR) is 35.6 cm³/mol. The summed E-state index contributed by atoms with van der Waals surface area (Å²) < 4.78 is 13.9. The third-order valence-electron chi connectivity index (χ3n) is 0.693. The minimum absolute atomic E-state index is 0.524. The molecule has 0 unspecified atom stereocenters. The molecule has 7 nitrogen and oxygen atoms in total.